The Bertz CT molecular complexity index is 1220. The lowest BCUT2D eigenvalue weighted by Gasteiger charge is -2.15. The zero-order valence-corrected chi connectivity index (χ0v) is 15.5. The molecule has 9 nitrogen and oxygen atoms in total. The van der Waals surface area contributed by atoms with Crippen LogP contribution in [-0.2, 0) is 18.9 Å². The maximum atomic E-state index is 12.4. The van der Waals surface area contributed by atoms with Gasteiger partial charge in [0, 0.05) is 14.1 Å². The lowest BCUT2D eigenvalue weighted by atomic mass is 10.2. The lowest BCUT2D eigenvalue weighted by Crippen LogP contribution is -2.37. The highest BCUT2D eigenvalue weighted by atomic mass is 16.5. The predicted molar refractivity (Wildman–Crippen MR) is 102 cm³/mol. The first kappa shape index (κ1) is 18.8. The van der Waals surface area contributed by atoms with E-state index in [4.69, 9.17) is 10.00 Å². The molecule has 0 spiro atoms. The van der Waals surface area contributed by atoms with Crippen molar-refractivity contribution in [2.24, 2.45) is 14.1 Å². The standard InChI is InChI=1S/C19H17N5O4/c1-11(28-14-6-4-12(9-20)5-7-14)17(25)22-13-8-15-16(21-10-13)23(2)19(27)24(3)18(15)26/h4-8,10-11H,1-3H3,(H,22,25). The molecule has 0 aliphatic rings. The Labute approximate surface area is 159 Å². The Balaban J connectivity index is 1.81. The third-order valence-corrected chi connectivity index (χ3v) is 4.23. The number of fused-ring (bicyclic) bond motifs is 1. The van der Waals surface area contributed by atoms with Crippen LogP contribution in [0.3, 0.4) is 0 Å². The number of benzene rings is 1. The van der Waals surface area contributed by atoms with Gasteiger partial charge in [-0.05, 0) is 37.3 Å². The molecule has 0 fully saturated rings. The summed E-state index contributed by atoms with van der Waals surface area (Å²) in [6.45, 7) is 1.57. The molecule has 28 heavy (non-hydrogen) atoms. The van der Waals surface area contributed by atoms with Crippen molar-refractivity contribution >= 4 is 22.6 Å². The second-order valence-electron chi connectivity index (χ2n) is 6.19. The van der Waals surface area contributed by atoms with Crippen molar-refractivity contribution in [2.75, 3.05) is 5.32 Å². The fourth-order valence-corrected chi connectivity index (χ4v) is 2.64. The molecule has 1 N–H and O–H groups in total. The number of amides is 1. The molecule has 2 heterocycles. The Morgan fingerprint density at radius 3 is 2.54 bits per heavy atom. The van der Waals surface area contributed by atoms with Gasteiger partial charge in [-0.2, -0.15) is 5.26 Å². The van der Waals surface area contributed by atoms with Crippen molar-refractivity contribution in [1.29, 1.82) is 5.26 Å². The largest absolute Gasteiger partial charge is 0.481 e. The average Bonchev–Trinajstić information content (AvgIpc) is 2.71. The summed E-state index contributed by atoms with van der Waals surface area (Å²) in [7, 11) is 2.89. The summed E-state index contributed by atoms with van der Waals surface area (Å²) in [5.41, 5.74) is 0.0500. The van der Waals surface area contributed by atoms with Crippen LogP contribution in [0.25, 0.3) is 11.0 Å². The lowest BCUT2D eigenvalue weighted by molar-refractivity contribution is -0.122. The minimum Gasteiger partial charge on any atom is -0.481 e. The van der Waals surface area contributed by atoms with Crippen molar-refractivity contribution in [1.82, 2.24) is 14.1 Å². The van der Waals surface area contributed by atoms with E-state index in [2.05, 4.69) is 10.3 Å². The summed E-state index contributed by atoms with van der Waals surface area (Å²) in [5, 5.41) is 11.7. The maximum Gasteiger partial charge on any atom is 0.332 e. The summed E-state index contributed by atoms with van der Waals surface area (Å²) in [5.74, 6) is 0.00862. The van der Waals surface area contributed by atoms with Gasteiger partial charge in [0.15, 0.2) is 6.10 Å². The normalized spacial score (nSPS) is 11.6. The number of nitrogens with zero attached hydrogens (tertiary/aromatic N) is 4. The van der Waals surface area contributed by atoms with Crippen molar-refractivity contribution in [3.05, 3.63) is 62.9 Å². The highest BCUT2D eigenvalue weighted by Gasteiger charge is 2.16. The molecule has 0 aliphatic carbocycles. The number of hydrogen-bond donors (Lipinski definition) is 1. The first-order chi connectivity index (χ1) is 13.3. The van der Waals surface area contributed by atoms with Gasteiger partial charge in [-0.3, -0.25) is 18.7 Å². The molecule has 0 bridgehead atoms. The quantitative estimate of drug-likeness (QED) is 0.720. The average molecular weight is 379 g/mol. The monoisotopic (exact) mass is 379 g/mol. The number of hydrogen-bond acceptors (Lipinski definition) is 6. The van der Waals surface area contributed by atoms with Gasteiger partial charge >= 0.3 is 5.69 Å². The molecule has 1 amide bonds. The molecule has 9 heteroatoms. The molecule has 1 aromatic carbocycles. The topological polar surface area (TPSA) is 119 Å². The third kappa shape index (κ3) is 3.48. The molecule has 1 atom stereocenters. The van der Waals surface area contributed by atoms with E-state index < -0.39 is 23.3 Å². The molecule has 1 unspecified atom stereocenters. The summed E-state index contributed by atoms with van der Waals surface area (Å²) >= 11 is 0. The Kier molecular flexibility index (Phi) is 4.96. The van der Waals surface area contributed by atoms with E-state index in [0.29, 0.717) is 17.0 Å². The number of rotatable bonds is 4. The van der Waals surface area contributed by atoms with Crippen LogP contribution in [0.5, 0.6) is 5.75 Å². The van der Waals surface area contributed by atoms with Crippen LogP contribution in [0.15, 0.2) is 46.1 Å². The molecule has 0 saturated heterocycles. The van der Waals surface area contributed by atoms with E-state index in [-0.39, 0.29) is 11.0 Å². The molecular formula is C19H17N5O4. The molecule has 2 aromatic heterocycles. The highest BCUT2D eigenvalue weighted by molar-refractivity contribution is 5.95. The number of ether oxygens (including phenoxy) is 1. The van der Waals surface area contributed by atoms with Crippen molar-refractivity contribution in [2.45, 2.75) is 13.0 Å². The molecule has 0 radical (unpaired) electrons. The fraction of sp³-hybridized carbons (Fsp3) is 0.211. The van der Waals surface area contributed by atoms with Gasteiger partial charge in [-0.15, -0.1) is 0 Å². The maximum absolute atomic E-state index is 12.4. The Morgan fingerprint density at radius 2 is 1.89 bits per heavy atom. The zero-order valence-electron chi connectivity index (χ0n) is 15.5. The summed E-state index contributed by atoms with van der Waals surface area (Å²) < 4.78 is 7.80. The van der Waals surface area contributed by atoms with Crippen LogP contribution in [-0.4, -0.2) is 26.1 Å². The van der Waals surface area contributed by atoms with Crippen LogP contribution in [0.1, 0.15) is 12.5 Å². The first-order valence-electron chi connectivity index (χ1n) is 8.35. The Morgan fingerprint density at radius 1 is 1.21 bits per heavy atom. The van der Waals surface area contributed by atoms with Gasteiger partial charge in [0.25, 0.3) is 11.5 Å². The summed E-state index contributed by atoms with van der Waals surface area (Å²) in [6.07, 6.45) is 0.541. The van der Waals surface area contributed by atoms with Crippen molar-refractivity contribution in [3.8, 4) is 11.8 Å². The first-order valence-corrected chi connectivity index (χ1v) is 8.35. The molecule has 0 saturated carbocycles. The van der Waals surface area contributed by atoms with Gasteiger partial charge in [-0.1, -0.05) is 0 Å². The number of nitrogens with one attached hydrogen (secondary N) is 1. The number of carbonyl (C=O) groups is 1. The van der Waals surface area contributed by atoms with Crippen LogP contribution in [0.2, 0.25) is 0 Å². The van der Waals surface area contributed by atoms with Gasteiger partial charge in [0.2, 0.25) is 0 Å². The molecule has 3 aromatic rings. The highest BCUT2D eigenvalue weighted by Crippen LogP contribution is 2.16. The van der Waals surface area contributed by atoms with E-state index >= 15 is 0 Å². The van der Waals surface area contributed by atoms with Crippen LogP contribution < -0.4 is 21.3 Å². The summed E-state index contributed by atoms with van der Waals surface area (Å²) in [6, 6.07) is 9.86. The van der Waals surface area contributed by atoms with Crippen molar-refractivity contribution < 1.29 is 9.53 Å². The van der Waals surface area contributed by atoms with E-state index in [1.165, 1.54) is 30.9 Å². The van der Waals surface area contributed by atoms with E-state index in [9.17, 15) is 14.4 Å². The summed E-state index contributed by atoms with van der Waals surface area (Å²) in [4.78, 5) is 40.8. The van der Waals surface area contributed by atoms with E-state index in [0.717, 1.165) is 4.57 Å². The number of carbonyl (C=O) groups excluding carboxylic acids is 1. The van der Waals surface area contributed by atoms with Crippen molar-refractivity contribution in [3.63, 3.8) is 0 Å². The predicted octanol–water partition coefficient (Wildman–Crippen LogP) is 0.910. The molecule has 3 rings (SSSR count). The minimum atomic E-state index is -0.827. The van der Waals surface area contributed by atoms with E-state index in [1.807, 2.05) is 6.07 Å². The number of aryl methyl sites for hydroxylation is 1. The van der Waals surface area contributed by atoms with Gasteiger partial charge in [-0.25, -0.2) is 9.78 Å². The van der Waals surface area contributed by atoms with Crippen LogP contribution in [0.4, 0.5) is 5.69 Å². The minimum absolute atomic E-state index is 0.211. The SMILES string of the molecule is CC(Oc1ccc(C#N)cc1)C(=O)Nc1cnc2c(c1)c(=O)n(C)c(=O)n2C. The number of aromatic nitrogens is 3. The smallest absolute Gasteiger partial charge is 0.332 e. The fourth-order valence-electron chi connectivity index (χ4n) is 2.64. The molecular weight excluding hydrogens is 362 g/mol. The van der Waals surface area contributed by atoms with Crippen LogP contribution >= 0.6 is 0 Å². The third-order valence-electron chi connectivity index (χ3n) is 4.23. The zero-order chi connectivity index (χ0) is 20.4. The Hall–Kier alpha value is -3.93. The van der Waals surface area contributed by atoms with Gasteiger partial charge in [0.05, 0.1) is 28.9 Å². The van der Waals surface area contributed by atoms with Crippen LogP contribution in [0, 0.1) is 11.3 Å². The molecule has 142 valence electrons. The second-order valence-corrected chi connectivity index (χ2v) is 6.19. The van der Waals surface area contributed by atoms with Gasteiger partial charge < -0.3 is 10.1 Å². The number of nitriles is 1. The van der Waals surface area contributed by atoms with E-state index in [1.54, 1.807) is 31.2 Å². The number of anilines is 1. The molecule has 0 aliphatic heterocycles. The number of pyridine rings is 1. The second kappa shape index (κ2) is 7.36. The van der Waals surface area contributed by atoms with Gasteiger partial charge in [0.1, 0.15) is 11.4 Å².